The summed E-state index contributed by atoms with van der Waals surface area (Å²) >= 11 is 5.23. The Morgan fingerprint density at radius 1 is 1.00 bits per heavy atom. The molecule has 0 N–H and O–H groups in total. The monoisotopic (exact) mass is 152 g/mol. The van der Waals surface area contributed by atoms with E-state index in [1.54, 1.807) is 0 Å². The van der Waals surface area contributed by atoms with Gasteiger partial charge < -0.3 is 12.6 Å². The third-order valence-electron chi connectivity index (χ3n) is 0.956. The molecule has 2 heteroatoms. The van der Waals surface area contributed by atoms with Gasteiger partial charge in [0.05, 0.1) is 0 Å². The maximum atomic E-state index is 5.23. The van der Waals surface area contributed by atoms with Gasteiger partial charge in [0.25, 0.3) is 0 Å². The van der Waals surface area contributed by atoms with Gasteiger partial charge in [-0.25, -0.2) is 0 Å². The van der Waals surface area contributed by atoms with Gasteiger partial charge in [0.15, 0.2) is 0 Å². The smallest absolute Gasteiger partial charge is 0.786 e. The summed E-state index contributed by atoms with van der Waals surface area (Å²) < 4.78 is 0.0677. The second kappa shape index (κ2) is 4.09. The van der Waals surface area contributed by atoms with Crippen LogP contribution in [0.3, 0.4) is 0 Å². The molecule has 0 unspecified atom stereocenters. The molecule has 0 aliphatic carbocycles. The minimum Gasteiger partial charge on any atom is -0.786 e. The molecule has 10 heavy (non-hydrogen) atoms. The molecule has 56 valence electrons. The van der Waals surface area contributed by atoms with Crippen molar-refractivity contribution in [1.82, 2.24) is 0 Å². The third kappa shape index (κ3) is 11.7. The van der Waals surface area contributed by atoms with Crippen molar-refractivity contribution >= 4 is 12.6 Å². The van der Waals surface area contributed by atoms with Crippen LogP contribution in [0.25, 0.3) is 0 Å². The summed E-state index contributed by atoms with van der Waals surface area (Å²) in [6, 6.07) is 0. The standard InChI is InChI=1S/C8H18S.Li/c1-7(2,3)6-8(4,5)9;/h9H,6H2,1-5H3;/q;+1/p-1. The predicted molar refractivity (Wildman–Crippen MR) is 45.5 cm³/mol. The molecule has 0 aromatic rings. The van der Waals surface area contributed by atoms with E-state index < -0.39 is 0 Å². The van der Waals surface area contributed by atoms with Crippen molar-refractivity contribution in [3.63, 3.8) is 0 Å². The Hall–Kier alpha value is 0.947. The van der Waals surface area contributed by atoms with Crippen LogP contribution >= 0.6 is 0 Å². The fourth-order valence-electron chi connectivity index (χ4n) is 1.28. The molecule has 0 nitrogen and oxygen atoms in total. The van der Waals surface area contributed by atoms with Crippen molar-refractivity contribution < 1.29 is 18.9 Å². The molecule has 0 aliphatic heterocycles. The van der Waals surface area contributed by atoms with Gasteiger partial charge >= 0.3 is 18.9 Å². The SMILES string of the molecule is CC(C)(C)CC(C)(C)[S-].[Li+]. The molecule has 0 bridgehead atoms. The molecule has 0 aliphatic rings. The van der Waals surface area contributed by atoms with E-state index in [9.17, 15) is 0 Å². The van der Waals surface area contributed by atoms with Crippen molar-refractivity contribution in [2.75, 3.05) is 0 Å². The van der Waals surface area contributed by atoms with Gasteiger partial charge in [-0.15, -0.1) is 0 Å². The van der Waals surface area contributed by atoms with E-state index >= 15 is 0 Å². The summed E-state index contributed by atoms with van der Waals surface area (Å²) in [5, 5.41) is 0. The molecule has 0 aromatic carbocycles. The number of rotatable bonds is 1. The zero-order chi connectivity index (χ0) is 7.71. The minimum absolute atomic E-state index is 0. The molecule has 0 radical (unpaired) electrons. The van der Waals surface area contributed by atoms with Gasteiger partial charge in [0.1, 0.15) is 0 Å². The van der Waals surface area contributed by atoms with E-state index in [4.69, 9.17) is 12.6 Å². The Bertz CT molecular complexity index is 74.4. The second-order valence-corrected chi connectivity index (χ2v) is 5.60. The van der Waals surface area contributed by atoms with E-state index in [1.165, 1.54) is 0 Å². The van der Waals surface area contributed by atoms with Crippen LogP contribution < -0.4 is 18.9 Å². The Labute approximate surface area is 82.7 Å². The molecule has 0 aromatic heterocycles. The maximum Gasteiger partial charge on any atom is 1.00 e. The summed E-state index contributed by atoms with van der Waals surface area (Å²) in [6.45, 7) is 10.9. The van der Waals surface area contributed by atoms with Crippen molar-refractivity contribution in [3.05, 3.63) is 0 Å². The van der Waals surface area contributed by atoms with Crippen LogP contribution in [-0.4, -0.2) is 4.75 Å². The normalized spacial score (nSPS) is 12.6. The summed E-state index contributed by atoms with van der Waals surface area (Å²) in [5.41, 5.74) is 0.380. The second-order valence-electron chi connectivity index (χ2n) is 4.50. The molecular formula is C8H17LiS. The van der Waals surface area contributed by atoms with E-state index in [2.05, 4.69) is 34.6 Å². The first-order valence-corrected chi connectivity index (χ1v) is 3.82. The van der Waals surface area contributed by atoms with Crippen molar-refractivity contribution in [2.24, 2.45) is 5.41 Å². The van der Waals surface area contributed by atoms with E-state index in [1.807, 2.05) is 0 Å². The zero-order valence-corrected chi connectivity index (χ0v) is 8.93. The molecule has 0 saturated carbocycles. The van der Waals surface area contributed by atoms with Crippen LogP contribution in [0.4, 0.5) is 0 Å². The molecule has 0 atom stereocenters. The van der Waals surface area contributed by atoms with Gasteiger partial charge in [-0.2, -0.15) is 4.75 Å². The van der Waals surface area contributed by atoms with Gasteiger partial charge in [-0.3, -0.25) is 0 Å². The van der Waals surface area contributed by atoms with Crippen LogP contribution in [0.2, 0.25) is 0 Å². The average molecular weight is 152 g/mol. The van der Waals surface area contributed by atoms with E-state index in [0.29, 0.717) is 5.41 Å². The van der Waals surface area contributed by atoms with Crippen LogP contribution in [0.5, 0.6) is 0 Å². The summed E-state index contributed by atoms with van der Waals surface area (Å²) in [5.74, 6) is 0. The van der Waals surface area contributed by atoms with Gasteiger partial charge in [0, 0.05) is 0 Å². The molecular weight excluding hydrogens is 135 g/mol. The van der Waals surface area contributed by atoms with E-state index in [0.717, 1.165) is 6.42 Å². The first-order valence-electron chi connectivity index (χ1n) is 3.41. The van der Waals surface area contributed by atoms with Crippen molar-refractivity contribution in [3.8, 4) is 0 Å². The van der Waals surface area contributed by atoms with Crippen LogP contribution in [0, 0.1) is 5.41 Å². The molecule has 0 saturated heterocycles. The van der Waals surface area contributed by atoms with Crippen LogP contribution in [0.1, 0.15) is 41.0 Å². The minimum atomic E-state index is 0. The predicted octanol–water partition coefficient (Wildman–Crippen LogP) is -0.248. The zero-order valence-electron chi connectivity index (χ0n) is 8.12. The summed E-state index contributed by atoms with van der Waals surface area (Å²) in [7, 11) is 0. The Morgan fingerprint density at radius 2 is 1.30 bits per heavy atom. The van der Waals surface area contributed by atoms with Gasteiger partial charge in [-0.05, 0) is 5.41 Å². The van der Waals surface area contributed by atoms with Crippen LogP contribution in [-0.2, 0) is 12.6 Å². The van der Waals surface area contributed by atoms with E-state index in [-0.39, 0.29) is 23.6 Å². The maximum absolute atomic E-state index is 5.23. The summed E-state index contributed by atoms with van der Waals surface area (Å²) in [6.07, 6.45) is 1.11. The molecule has 0 spiro atoms. The average Bonchev–Trinajstić information content (AvgIpc) is 1.14. The number of hydrogen-bond acceptors (Lipinski definition) is 1. The molecule has 0 amide bonds. The largest absolute Gasteiger partial charge is 1.00 e. The van der Waals surface area contributed by atoms with Crippen molar-refractivity contribution in [1.29, 1.82) is 0 Å². The van der Waals surface area contributed by atoms with Gasteiger partial charge in [0.2, 0.25) is 0 Å². The number of hydrogen-bond donors (Lipinski definition) is 0. The molecule has 0 rings (SSSR count). The Kier molecular flexibility index (Phi) is 5.54. The Balaban J connectivity index is 0. The first kappa shape index (κ1) is 13.5. The fourth-order valence-corrected chi connectivity index (χ4v) is 1.71. The Morgan fingerprint density at radius 3 is 1.30 bits per heavy atom. The van der Waals surface area contributed by atoms with Crippen LogP contribution in [0.15, 0.2) is 0 Å². The molecule has 0 heterocycles. The summed E-state index contributed by atoms with van der Waals surface area (Å²) in [4.78, 5) is 0. The molecule has 0 fully saturated rings. The van der Waals surface area contributed by atoms with Crippen molar-refractivity contribution in [2.45, 2.75) is 45.8 Å². The third-order valence-corrected chi connectivity index (χ3v) is 1.10. The topological polar surface area (TPSA) is 0 Å². The fraction of sp³-hybridized carbons (Fsp3) is 1.00. The van der Waals surface area contributed by atoms with Gasteiger partial charge in [-0.1, -0.05) is 41.0 Å². The quantitative estimate of drug-likeness (QED) is 0.369. The first-order chi connectivity index (χ1) is 3.71.